The van der Waals surface area contributed by atoms with Gasteiger partial charge in [0.15, 0.2) is 11.6 Å². The highest BCUT2D eigenvalue weighted by atomic mass is 35.5. The van der Waals surface area contributed by atoms with Gasteiger partial charge in [-0.05, 0) is 22.6 Å². The highest BCUT2D eigenvalue weighted by Gasteiger charge is 2.23. The molecule has 120 valence electrons. The molecule has 1 N–H and O–H groups in total. The van der Waals surface area contributed by atoms with Gasteiger partial charge in [-0.2, -0.15) is 0 Å². The van der Waals surface area contributed by atoms with E-state index in [9.17, 15) is 5.11 Å². The van der Waals surface area contributed by atoms with Crippen molar-refractivity contribution in [2.75, 3.05) is 6.61 Å². The summed E-state index contributed by atoms with van der Waals surface area (Å²) in [7, 11) is 0. The number of aliphatic hydroxyl groups is 1. The van der Waals surface area contributed by atoms with Gasteiger partial charge in [0.1, 0.15) is 12.7 Å². The van der Waals surface area contributed by atoms with E-state index in [2.05, 4.69) is 15.5 Å². The molecule has 8 heteroatoms. The van der Waals surface area contributed by atoms with Crippen LogP contribution in [0.15, 0.2) is 18.2 Å². The normalized spacial score (nSPS) is 13.2. The molecule has 0 amide bonds. The van der Waals surface area contributed by atoms with Crippen LogP contribution in [0.2, 0.25) is 10.0 Å². The van der Waals surface area contributed by atoms with Crippen molar-refractivity contribution < 1.29 is 9.84 Å². The zero-order valence-electron chi connectivity index (χ0n) is 12.6. The molecule has 2 aromatic rings. The molecule has 0 aliphatic heterocycles. The molecule has 1 heterocycles. The molecule has 2 rings (SSSR count). The summed E-state index contributed by atoms with van der Waals surface area (Å²) in [6, 6.07) is 5.08. The molecule has 1 aromatic heterocycles. The third kappa shape index (κ3) is 4.09. The van der Waals surface area contributed by atoms with Gasteiger partial charge < -0.3 is 9.84 Å². The lowest BCUT2D eigenvalue weighted by Gasteiger charge is -2.19. The Morgan fingerprint density at radius 2 is 1.91 bits per heavy atom. The third-order valence-electron chi connectivity index (χ3n) is 2.93. The van der Waals surface area contributed by atoms with Gasteiger partial charge in [0.2, 0.25) is 0 Å². The number of para-hydroxylation sites is 1. The fourth-order valence-electron chi connectivity index (χ4n) is 1.92. The smallest absolute Gasteiger partial charge is 0.156 e. The predicted octanol–water partition coefficient (Wildman–Crippen LogP) is 2.72. The average Bonchev–Trinajstić information content (AvgIpc) is 2.86. The number of aromatic nitrogens is 4. The number of hydrogen-bond donors (Lipinski definition) is 1. The fourth-order valence-corrected chi connectivity index (χ4v) is 2.42. The van der Waals surface area contributed by atoms with E-state index in [0.29, 0.717) is 21.6 Å². The maximum Gasteiger partial charge on any atom is 0.156 e. The van der Waals surface area contributed by atoms with E-state index in [1.54, 1.807) is 22.9 Å². The van der Waals surface area contributed by atoms with Gasteiger partial charge >= 0.3 is 0 Å². The molecular formula is C14H18Cl2N4O2. The van der Waals surface area contributed by atoms with Crippen LogP contribution in [-0.4, -0.2) is 38.0 Å². The zero-order chi connectivity index (χ0) is 16.3. The summed E-state index contributed by atoms with van der Waals surface area (Å²) in [5.74, 6) is 1.06. The third-order valence-corrected chi connectivity index (χ3v) is 3.52. The fraction of sp³-hybridized carbons (Fsp3) is 0.500. The van der Waals surface area contributed by atoms with Gasteiger partial charge in [0.05, 0.1) is 16.6 Å². The predicted molar refractivity (Wildman–Crippen MR) is 84.5 cm³/mol. The van der Waals surface area contributed by atoms with Crippen LogP contribution in [0, 0.1) is 0 Å². The number of halogens is 2. The summed E-state index contributed by atoms with van der Waals surface area (Å²) in [6.07, 6.45) is -0.795. The lowest BCUT2D eigenvalue weighted by molar-refractivity contribution is 0.0872. The van der Waals surface area contributed by atoms with Gasteiger partial charge in [-0.3, -0.25) is 0 Å². The Morgan fingerprint density at radius 3 is 2.50 bits per heavy atom. The second-order valence-electron chi connectivity index (χ2n) is 5.95. The Kier molecular flexibility index (Phi) is 5.26. The molecule has 0 aliphatic rings. The molecule has 0 bridgehead atoms. The van der Waals surface area contributed by atoms with Gasteiger partial charge in [-0.15, -0.1) is 5.10 Å². The SMILES string of the molecule is CC(C)(C)c1nnnn1CC(O)COc1c(Cl)cccc1Cl. The van der Waals surface area contributed by atoms with Crippen LogP contribution in [0.3, 0.4) is 0 Å². The molecule has 1 atom stereocenters. The lowest BCUT2D eigenvalue weighted by Crippen LogP contribution is -2.28. The number of rotatable bonds is 5. The minimum Gasteiger partial charge on any atom is -0.488 e. The van der Waals surface area contributed by atoms with E-state index < -0.39 is 6.10 Å². The monoisotopic (exact) mass is 344 g/mol. The molecule has 1 unspecified atom stereocenters. The van der Waals surface area contributed by atoms with E-state index in [1.165, 1.54) is 0 Å². The minimum atomic E-state index is -0.795. The highest BCUT2D eigenvalue weighted by Crippen LogP contribution is 2.32. The standard InChI is InChI=1S/C14H18Cl2N4O2/c1-14(2,3)13-17-18-19-20(13)7-9(21)8-22-12-10(15)5-4-6-11(12)16/h4-6,9,21H,7-8H2,1-3H3. The number of benzene rings is 1. The highest BCUT2D eigenvalue weighted by molar-refractivity contribution is 6.37. The first-order valence-corrected chi connectivity index (χ1v) is 7.56. The summed E-state index contributed by atoms with van der Waals surface area (Å²) in [5, 5.41) is 22.5. The number of ether oxygens (including phenoxy) is 1. The average molecular weight is 345 g/mol. The first-order chi connectivity index (χ1) is 10.3. The molecule has 6 nitrogen and oxygen atoms in total. The van der Waals surface area contributed by atoms with Crippen LogP contribution in [0.1, 0.15) is 26.6 Å². The Labute approximate surface area is 139 Å². The van der Waals surface area contributed by atoms with Crippen LogP contribution >= 0.6 is 23.2 Å². The molecule has 0 saturated heterocycles. The first-order valence-electron chi connectivity index (χ1n) is 6.80. The second-order valence-corrected chi connectivity index (χ2v) is 6.76. The van der Waals surface area contributed by atoms with Crippen molar-refractivity contribution in [3.8, 4) is 5.75 Å². The van der Waals surface area contributed by atoms with Gasteiger partial charge in [-0.25, -0.2) is 4.68 Å². The van der Waals surface area contributed by atoms with E-state index in [4.69, 9.17) is 27.9 Å². The van der Waals surface area contributed by atoms with E-state index in [-0.39, 0.29) is 18.6 Å². The van der Waals surface area contributed by atoms with Crippen LogP contribution in [0.4, 0.5) is 0 Å². The molecular weight excluding hydrogens is 327 g/mol. The summed E-state index contributed by atoms with van der Waals surface area (Å²) in [5.41, 5.74) is -0.212. The van der Waals surface area contributed by atoms with Crippen LogP contribution < -0.4 is 4.74 Å². The van der Waals surface area contributed by atoms with Gasteiger partial charge in [-0.1, -0.05) is 50.0 Å². The Bertz CT molecular complexity index is 620. The largest absolute Gasteiger partial charge is 0.488 e. The number of aliphatic hydroxyl groups excluding tert-OH is 1. The Hall–Kier alpha value is -1.37. The molecule has 0 fully saturated rings. The molecule has 22 heavy (non-hydrogen) atoms. The van der Waals surface area contributed by atoms with Crippen molar-refractivity contribution in [1.82, 2.24) is 20.2 Å². The maximum absolute atomic E-state index is 10.1. The second kappa shape index (κ2) is 6.81. The molecule has 0 aliphatic carbocycles. The summed E-state index contributed by atoms with van der Waals surface area (Å²) >= 11 is 12.0. The maximum atomic E-state index is 10.1. The van der Waals surface area contributed by atoms with Crippen molar-refractivity contribution in [1.29, 1.82) is 0 Å². The quantitative estimate of drug-likeness (QED) is 0.902. The summed E-state index contributed by atoms with van der Waals surface area (Å²) in [4.78, 5) is 0. The molecule has 1 aromatic carbocycles. The first kappa shape index (κ1) is 17.0. The number of nitrogens with zero attached hydrogens (tertiary/aromatic N) is 4. The Morgan fingerprint density at radius 1 is 1.27 bits per heavy atom. The van der Waals surface area contributed by atoms with Gasteiger partial charge in [0.25, 0.3) is 0 Å². The van der Waals surface area contributed by atoms with Crippen molar-refractivity contribution in [2.24, 2.45) is 0 Å². The van der Waals surface area contributed by atoms with Crippen LogP contribution in [0.5, 0.6) is 5.75 Å². The zero-order valence-corrected chi connectivity index (χ0v) is 14.1. The van der Waals surface area contributed by atoms with E-state index in [0.717, 1.165) is 0 Å². The Balaban J connectivity index is 2.00. The number of tetrazole rings is 1. The van der Waals surface area contributed by atoms with Crippen molar-refractivity contribution >= 4 is 23.2 Å². The molecule has 0 saturated carbocycles. The minimum absolute atomic E-state index is 0.0346. The molecule has 0 radical (unpaired) electrons. The van der Waals surface area contributed by atoms with Crippen LogP contribution in [-0.2, 0) is 12.0 Å². The topological polar surface area (TPSA) is 73.1 Å². The molecule has 0 spiro atoms. The van der Waals surface area contributed by atoms with Crippen molar-refractivity contribution in [2.45, 2.75) is 38.8 Å². The van der Waals surface area contributed by atoms with Crippen molar-refractivity contribution in [3.05, 3.63) is 34.1 Å². The summed E-state index contributed by atoms with van der Waals surface area (Å²) in [6.45, 7) is 6.26. The summed E-state index contributed by atoms with van der Waals surface area (Å²) < 4.78 is 7.08. The van der Waals surface area contributed by atoms with Gasteiger partial charge in [0, 0.05) is 5.41 Å². The lowest BCUT2D eigenvalue weighted by atomic mass is 9.96. The van der Waals surface area contributed by atoms with Crippen molar-refractivity contribution in [3.63, 3.8) is 0 Å². The van der Waals surface area contributed by atoms with Crippen LogP contribution in [0.25, 0.3) is 0 Å². The number of hydrogen-bond acceptors (Lipinski definition) is 5. The van der Waals surface area contributed by atoms with E-state index in [1.807, 2.05) is 20.8 Å². The van der Waals surface area contributed by atoms with E-state index >= 15 is 0 Å².